The zero-order valence-corrected chi connectivity index (χ0v) is 9.92. The van der Waals surface area contributed by atoms with E-state index in [0.29, 0.717) is 0 Å². The summed E-state index contributed by atoms with van der Waals surface area (Å²) in [4.78, 5) is 11.1. The molecule has 0 aliphatic carbocycles. The van der Waals surface area contributed by atoms with Gasteiger partial charge in [0.1, 0.15) is 6.61 Å². The van der Waals surface area contributed by atoms with Crippen LogP contribution in [0.1, 0.15) is 46.0 Å². The van der Waals surface area contributed by atoms with E-state index in [1.807, 2.05) is 6.92 Å². The molecule has 0 aliphatic heterocycles. The zero-order valence-electron chi connectivity index (χ0n) is 9.92. The first-order chi connectivity index (χ1) is 7.20. The van der Waals surface area contributed by atoms with Crippen molar-refractivity contribution in [3.63, 3.8) is 0 Å². The number of nitrogens with one attached hydrogen (secondary N) is 1. The van der Waals surface area contributed by atoms with E-state index in [9.17, 15) is 4.79 Å². The van der Waals surface area contributed by atoms with Crippen LogP contribution in [0, 0.1) is 0 Å². The molecule has 1 atom stereocenters. The third-order valence-corrected chi connectivity index (χ3v) is 2.19. The monoisotopic (exact) mass is 213 g/mol. The zero-order chi connectivity index (χ0) is 11.5. The fourth-order valence-electron chi connectivity index (χ4n) is 1.33. The fourth-order valence-corrected chi connectivity index (χ4v) is 1.33. The highest BCUT2D eigenvalue weighted by atomic mass is 16.5. The normalized spacial score (nSPS) is 11.9. The first-order valence-electron chi connectivity index (χ1n) is 5.74. The van der Waals surface area contributed by atoms with Crippen LogP contribution >= 0.6 is 0 Å². The van der Waals surface area contributed by atoms with E-state index in [2.05, 4.69) is 18.8 Å². The highest BCUT2D eigenvalue weighted by Crippen LogP contribution is 2.05. The lowest BCUT2D eigenvalue weighted by molar-refractivity contribution is 0.154. The van der Waals surface area contributed by atoms with Crippen LogP contribution < -0.4 is 5.32 Å². The van der Waals surface area contributed by atoms with E-state index in [4.69, 9.17) is 4.74 Å². The predicted octanol–water partition coefficient (Wildman–Crippen LogP) is 3.26. The van der Waals surface area contributed by atoms with Gasteiger partial charge in [-0.15, -0.1) is 0 Å². The Kier molecular flexibility index (Phi) is 8.93. The first-order valence-corrected chi connectivity index (χ1v) is 5.74. The molecule has 3 nitrogen and oxygen atoms in total. The third kappa shape index (κ3) is 9.32. The average Bonchev–Trinajstić information content (AvgIpc) is 2.21. The molecular formula is C12H23NO2. The topological polar surface area (TPSA) is 38.3 Å². The number of alkyl carbamates (subject to hydrolysis) is 1. The average molecular weight is 213 g/mol. The Morgan fingerprint density at radius 1 is 1.47 bits per heavy atom. The van der Waals surface area contributed by atoms with Gasteiger partial charge in [0.2, 0.25) is 0 Å². The van der Waals surface area contributed by atoms with E-state index in [-0.39, 0.29) is 18.7 Å². The van der Waals surface area contributed by atoms with Gasteiger partial charge in [0.05, 0.1) is 0 Å². The van der Waals surface area contributed by atoms with E-state index in [0.717, 1.165) is 12.8 Å². The maximum atomic E-state index is 11.1. The van der Waals surface area contributed by atoms with Crippen LogP contribution in [0.3, 0.4) is 0 Å². The van der Waals surface area contributed by atoms with Crippen LogP contribution in [0.4, 0.5) is 4.79 Å². The number of hydrogen-bond donors (Lipinski definition) is 1. The van der Waals surface area contributed by atoms with Crippen molar-refractivity contribution in [2.75, 3.05) is 6.61 Å². The molecule has 1 amide bonds. The summed E-state index contributed by atoms with van der Waals surface area (Å²) in [6, 6.07) is 0.194. The van der Waals surface area contributed by atoms with Crippen LogP contribution in [0.15, 0.2) is 12.7 Å². The second kappa shape index (κ2) is 9.56. The van der Waals surface area contributed by atoms with Gasteiger partial charge >= 0.3 is 6.09 Å². The molecule has 1 N–H and O–H groups in total. The summed E-state index contributed by atoms with van der Waals surface area (Å²) >= 11 is 0. The quantitative estimate of drug-likeness (QED) is 0.496. The maximum Gasteiger partial charge on any atom is 0.407 e. The highest BCUT2D eigenvalue weighted by molar-refractivity contribution is 5.67. The van der Waals surface area contributed by atoms with Crippen LogP contribution in [-0.2, 0) is 4.74 Å². The molecule has 0 saturated carbocycles. The summed E-state index contributed by atoms with van der Waals surface area (Å²) in [6.07, 6.45) is 7.14. The summed E-state index contributed by atoms with van der Waals surface area (Å²) in [5.41, 5.74) is 0. The molecule has 0 aliphatic rings. The molecule has 0 aromatic heterocycles. The standard InChI is InChI=1S/C12H23NO2/c1-4-6-7-8-9-11(3)13-12(14)15-10-5-2/h5,11H,2,4,6-10H2,1,3H3,(H,13,14). The van der Waals surface area contributed by atoms with Crippen molar-refractivity contribution in [2.24, 2.45) is 0 Å². The highest BCUT2D eigenvalue weighted by Gasteiger charge is 2.06. The summed E-state index contributed by atoms with van der Waals surface area (Å²) in [7, 11) is 0. The first kappa shape index (κ1) is 14.0. The molecule has 0 aromatic rings. The van der Waals surface area contributed by atoms with Gasteiger partial charge in [-0.1, -0.05) is 45.3 Å². The molecule has 0 saturated heterocycles. The van der Waals surface area contributed by atoms with Crippen molar-refractivity contribution in [3.8, 4) is 0 Å². The van der Waals surface area contributed by atoms with Gasteiger partial charge in [-0.2, -0.15) is 0 Å². The minimum Gasteiger partial charge on any atom is -0.445 e. The van der Waals surface area contributed by atoms with E-state index < -0.39 is 0 Å². The second-order valence-electron chi connectivity index (χ2n) is 3.78. The van der Waals surface area contributed by atoms with Gasteiger partial charge < -0.3 is 10.1 Å². The van der Waals surface area contributed by atoms with Crippen molar-refractivity contribution in [2.45, 2.75) is 52.0 Å². The lowest BCUT2D eigenvalue weighted by Gasteiger charge is -2.13. The molecule has 0 radical (unpaired) electrons. The van der Waals surface area contributed by atoms with Crippen LogP contribution in [0.2, 0.25) is 0 Å². The molecule has 0 bridgehead atoms. The number of rotatable bonds is 8. The Morgan fingerprint density at radius 2 is 2.20 bits per heavy atom. The number of ether oxygens (including phenoxy) is 1. The Morgan fingerprint density at radius 3 is 2.80 bits per heavy atom. The van der Waals surface area contributed by atoms with Gasteiger partial charge in [-0.05, 0) is 13.3 Å². The lowest BCUT2D eigenvalue weighted by atomic mass is 10.1. The third-order valence-electron chi connectivity index (χ3n) is 2.19. The molecule has 0 aromatic carbocycles. The van der Waals surface area contributed by atoms with Crippen molar-refractivity contribution in [1.82, 2.24) is 5.32 Å². The lowest BCUT2D eigenvalue weighted by Crippen LogP contribution is -2.33. The molecule has 0 fully saturated rings. The Labute approximate surface area is 92.9 Å². The molecule has 3 heteroatoms. The Hall–Kier alpha value is -0.990. The fraction of sp³-hybridized carbons (Fsp3) is 0.750. The number of hydrogen-bond acceptors (Lipinski definition) is 2. The molecule has 0 rings (SSSR count). The molecule has 1 unspecified atom stereocenters. The van der Waals surface area contributed by atoms with Gasteiger partial charge in [-0.25, -0.2) is 4.79 Å². The van der Waals surface area contributed by atoms with Crippen molar-refractivity contribution in [3.05, 3.63) is 12.7 Å². The van der Waals surface area contributed by atoms with Crippen LogP contribution in [0.5, 0.6) is 0 Å². The van der Waals surface area contributed by atoms with E-state index >= 15 is 0 Å². The van der Waals surface area contributed by atoms with Gasteiger partial charge in [0.15, 0.2) is 0 Å². The van der Waals surface area contributed by atoms with E-state index in [1.54, 1.807) is 6.08 Å². The Balaban J connectivity index is 3.42. The maximum absolute atomic E-state index is 11.1. The number of amides is 1. The van der Waals surface area contributed by atoms with Crippen molar-refractivity contribution in [1.29, 1.82) is 0 Å². The van der Waals surface area contributed by atoms with Crippen molar-refractivity contribution >= 4 is 6.09 Å². The Bertz CT molecular complexity index is 180. The van der Waals surface area contributed by atoms with E-state index in [1.165, 1.54) is 19.3 Å². The van der Waals surface area contributed by atoms with Gasteiger partial charge in [0.25, 0.3) is 0 Å². The minimum absolute atomic E-state index is 0.194. The number of carbonyl (C=O) groups excluding carboxylic acids is 1. The molecule has 88 valence electrons. The number of unbranched alkanes of at least 4 members (excludes halogenated alkanes) is 3. The number of carbonyl (C=O) groups is 1. The van der Waals surface area contributed by atoms with Crippen LogP contribution in [0.25, 0.3) is 0 Å². The molecular weight excluding hydrogens is 190 g/mol. The smallest absolute Gasteiger partial charge is 0.407 e. The predicted molar refractivity (Wildman–Crippen MR) is 62.9 cm³/mol. The molecule has 15 heavy (non-hydrogen) atoms. The summed E-state index contributed by atoms with van der Waals surface area (Å²) in [5, 5.41) is 2.78. The van der Waals surface area contributed by atoms with Crippen LogP contribution in [-0.4, -0.2) is 18.7 Å². The molecule has 0 spiro atoms. The molecule has 0 heterocycles. The van der Waals surface area contributed by atoms with Crippen molar-refractivity contribution < 1.29 is 9.53 Å². The minimum atomic E-state index is -0.349. The second-order valence-corrected chi connectivity index (χ2v) is 3.78. The van der Waals surface area contributed by atoms with Gasteiger partial charge in [-0.3, -0.25) is 0 Å². The summed E-state index contributed by atoms with van der Waals surface area (Å²) in [5.74, 6) is 0. The largest absolute Gasteiger partial charge is 0.445 e. The summed E-state index contributed by atoms with van der Waals surface area (Å²) in [6.45, 7) is 7.94. The SMILES string of the molecule is C=CCOC(=O)NC(C)CCCCCC. The van der Waals surface area contributed by atoms with Gasteiger partial charge in [0, 0.05) is 6.04 Å². The summed E-state index contributed by atoms with van der Waals surface area (Å²) < 4.78 is 4.82.